The zero-order valence-electron chi connectivity index (χ0n) is 9.80. The van der Waals surface area contributed by atoms with Gasteiger partial charge in [0, 0.05) is 25.2 Å². The smallest absolute Gasteiger partial charge is 0.287 e. The summed E-state index contributed by atoms with van der Waals surface area (Å²) in [6, 6.07) is 3.70. The third kappa shape index (κ3) is 2.71. The Hall–Kier alpha value is -1.69. The number of nitrogens with one attached hydrogen (secondary N) is 1. The summed E-state index contributed by atoms with van der Waals surface area (Å²) in [6.45, 7) is 1.87. The van der Waals surface area contributed by atoms with Gasteiger partial charge in [0.2, 0.25) is 0 Å². The van der Waals surface area contributed by atoms with E-state index >= 15 is 0 Å². The Kier molecular flexibility index (Phi) is 3.53. The first-order valence-corrected chi connectivity index (χ1v) is 5.73. The molecule has 1 saturated heterocycles. The molecule has 1 N–H and O–H groups in total. The Balaban J connectivity index is 2.08. The van der Waals surface area contributed by atoms with Gasteiger partial charge >= 0.3 is 0 Å². The van der Waals surface area contributed by atoms with E-state index < -0.39 is 4.92 Å². The molecule has 0 bridgehead atoms. The van der Waals surface area contributed by atoms with Crippen LogP contribution in [0.4, 0.5) is 11.5 Å². The van der Waals surface area contributed by atoms with Gasteiger partial charge in [0.25, 0.3) is 5.69 Å². The largest absolute Gasteiger partial charge is 0.355 e. The second-order valence-corrected chi connectivity index (χ2v) is 4.21. The van der Waals surface area contributed by atoms with Crippen molar-refractivity contribution in [2.75, 3.05) is 25.0 Å². The first-order chi connectivity index (χ1) is 8.20. The van der Waals surface area contributed by atoms with Crippen LogP contribution >= 0.6 is 0 Å². The number of nitrogens with zero attached hydrogens (tertiary/aromatic N) is 3. The molecule has 2 rings (SSSR count). The minimum Gasteiger partial charge on any atom is -0.355 e. The minimum absolute atomic E-state index is 0.0379. The fourth-order valence-electron chi connectivity index (χ4n) is 2.09. The number of anilines is 1. The molecule has 92 valence electrons. The Morgan fingerprint density at radius 3 is 3.00 bits per heavy atom. The summed E-state index contributed by atoms with van der Waals surface area (Å²) < 4.78 is 0. The average molecular weight is 236 g/mol. The predicted molar refractivity (Wildman–Crippen MR) is 65.2 cm³/mol. The van der Waals surface area contributed by atoms with Crippen molar-refractivity contribution in [3.63, 3.8) is 0 Å². The Morgan fingerprint density at radius 1 is 1.59 bits per heavy atom. The lowest BCUT2D eigenvalue weighted by Gasteiger charge is -2.33. The second-order valence-electron chi connectivity index (χ2n) is 4.21. The van der Waals surface area contributed by atoms with Gasteiger partial charge in [-0.3, -0.25) is 10.1 Å². The highest BCUT2D eigenvalue weighted by molar-refractivity contribution is 5.43. The van der Waals surface area contributed by atoms with Crippen molar-refractivity contribution < 1.29 is 4.92 Å². The summed E-state index contributed by atoms with van der Waals surface area (Å²) in [6.07, 6.45) is 3.60. The molecule has 1 aliphatic rings. The molecule has 0 radical (unpaired) electrons. The van der Waals surface area contributed by atoms with Crippen molar-refractivity contribution in [3.05, 3.63) is 28.4 Å². The summed E-state index contributed by atoms with van der Waals surface area (Å²) in [5.41, 5.74) is 0.0379. The number of rotatable bonds is 3. The van der Waals surface area contributed by atoms with E-state index in [1.807, 2.05) is 7.05 Å². The van der Waals surface area contributed by atoms with Crippen LogP contribution in [0.5, 0.6) is 0 Å². The predicted octanol–water partition coefficient (Wildman–Crippen LogP) is 1.18. The summed E-state index contributed by atoms with van der Waals surface area (Å²) in [5, 5.41) is 13.8. The number of hydrogen-bond acceptors (Lipinski definition) is 5. The second kappa shape index (κ2) is 5.09. The number of nitro groups is 1. The molecule has 0 unspecified atom stereocenters. The summed E-state index contributed by atoms with van der Waals surface area (Å²) >= 11 is 0. The highest BCUT2D eigenvalue weighted by Crippen LogP contribution is 2.19. The van der Waals surface area contributed by atoms with Crippen LogP contribution in [0, 0.1) is 10.1 Å². The molecule has 0 amide bonds. The lowest BCUT2D eigenvalue weighted by Crippen LogP contribution is -2.44. The third-order valence-corrected chi connectivity index (χ3v) is 3.10. The molecule has 6 heteroatoms. The van der Waals surface area contributed by atoms with Gasteiger partial charge in [-0.15, -0.1) is 0 Å². The molecule has 1 fully saturated rings. The molecule has 0 aromatic carbocycles. The topological polar surface area (TPSA) is 71.3 Å². The number of piperidine rings is 1. The maximum atomic E-state index is 10.5. The van der Waals surface area contributed by atoms with E-state index in [4.69, 9.17) is 0 Å². The van der Waals surface area contributed by atoms with Gasteiger partial charge in [-0.25, -0.2) is 4.98 Å². The normalized spacial score (nSPS) is 20.3. The van der Waals surface area contributed by atoms with E-state index in [-0.39, 0.29) is 5.69 Å². The van der Waals surface area contributed by atoms with Crippen LogP contribution in [-0.2, 0) is 0 Å². The first-order valence-electron chi connectivity index (χ1n) is 5.73. The van der Waals surface area contributed by atoms with Crippen LogP contribution in [0.15, 0.2) is 18.3 Å². The van der Waals surface area contributed by atoms with E-state index in [9.17, 15) is 10.1 Å². The number of pyridine rings is 1. The molecule has 1 aliphatic heterocycles. The monoisotopic (exact) mass is 236 g/mol. The maximum absolute atomic E-state index is 10.5. The molecule has 0 spiro atoms. The number of aromatic nitrogens is 1. The molecule has 1 aromatic rings. The van der Waals surface area contributed by atoms with E-state index in [0.717, 1.165) is 25.3 Å². The van der Waals surface area contributed by atoms with Gasteiger partial charge in [-0.2, -0.15) is 0 Å². The maximum Gasteiger partial charge on any atom is 0.287 e. The van der Waals surface area contributed by atoms with E-state index in [1.165, 1.54) is 18.7 Å². The van der Waals surface area contributed by atoms with Gasteiger partial charge in [0.05, 0.1) is 4.92 Å². The van der Waals surface area contributed by atoms with Crippen molar-refractivity contribution in [3.8, 4) is 0 Å². The van der Waals surface area contributed by atoms with Gasteiger partial charge in [0.15, 0.2) is 0 Å². The fourth-order valence-corrected chi connectivity index (χ4v) is 2.09. The summed E-state index contributed by atoms with van der Waals surface area (Å²) in [5.74, 6) is 0.815. The zero-order valence-corrected chi connectivity index (χ0v) is 9.80. The third-order valence-electron chi connectivity index (χ3n) is 3.10. The molecule has 1 aromatic heterocycles. The van der Waals surface area contributed by atoms with Crippen molar-refractivity contribution in [2.45, 2.75) is 18.9 Å². The highest BCUT2D eigenvalue weighted by Gasteiger charge is 2.19. The molecule has 1 atom stereocenters. The summed E-state index contributed by atoms with van der Waals surface area (Å²) in [7, 11) is 1.96. The van der Waals surface area contributed by atoms with Gasteiger partial charge in [0.1, 0.15) is 12.0 Å². The van der Waals surface area contributed by atoms with E-state index in [2.05, 4.69) is 15.2 Å². The first kappa shape index (κ1) is 11.8. The van der Waals surface area contributed by atoms with Crippen molar-refractivity contribution in [2.24, 2.45) is 0 Å². The van der Waals surface area contributed by atoms with E-state index in [1.54, 1.807) is 6.07 Å². The molecular weight excluding hydrogens is 220 g/mol. The van der Waals surface area contributed by atoms with Crippen LogP contribution in [0.3, 0.4) is 0 Å². The van der Waals surface area contributed by atoms with Gasteiger partial charge in [-0.1, -0.05) is 0 Å². The van der Waals surface area contributed by atoms with Crippen LogP contribution in [0.25, 0.3) is 0 Å². The highest BCUT2D eigenvalue weighted by atomic mass is 16.6. The van der Waals surface area contributed by atoms with Crippen LogP contribution in [0.2, 0.25) is 0 Å². The van der Waals surface area contributed by atoms with Crippen LogP contribution in [-0.4, -0.2) is 36.1 Å². The lowest BCUT2D eigenvalue weighted by molar-refractivity contribution is -0.385. The fraction of sp³-hybridized carbons (Fsp3) is 0.545. The molecular formula is C11H16N4O2. The van der Waals surface area contributed by atoms with Crippen molar-refractivity contribution in [1.82, 2.24) is 10.3 Å². The average Bonchev–Trinajstić information content (AvgIpc) is 2.39. The van der Waals surface area contributed by atoms with Crippen molar-refractivity contribution in [1.29, 1.82) is 0 Å². The number of likely N-dealkylation sites (N-methyl/N-ethyl adjacent to an activating group) is 1. The standard InChI is InChI=1S/C11H16N4O2/c1-12-9-3-2-6-14(8-9)11-5-4-10(7-13-11)15(16)17/h4-5,7,9,12H,2-3,6,8H2,1H3/t9-/m1/s1. The minimum atomic E-state index is -0.427. The number of hydrogen-bond donors (Lipinski definition) is 1. The molecule has 17 heavy (non-hydrogen) atoms. The Bertz CT molecular complexity index is 393. The van der Waals surface area contributed by atoms with Gasteiger partial charge in [-0.05, 0) is 26.0 Å². The van der Waals surface area contributed by atoms with Crippen LogP contribution in [0.1, 0.15) is 12.8 Å². The molecule has 0 saturated carbocycles. The molecule has 2 heterocycles. The molecule has 6 nitrogen and oxygen atoms in total. The molecule has 0 aliphatic carbocycles. The van der Waals surface area contributed by atoms with Crippen LogP contribution < -0.4 is 10.2 Å². The quantitative estimate of drug-likeness (QED) is 0.630. The SMILES string of the molecule is CN[C@@H]1CCCN(c2ccc([N+](=O)[O-])cn2)C1. The Morgan fingerprint density at radius 2 is 2.41 bits per heavy atom. The van der Waals surface area contributed by atoms with E-state index in [0.29, 0.717) is 6.04 Å². The lowest BCUT2D eigenvalue weighted by atomic mass is 10.1. The Labute approximate surface area is 99.8 Å². The van der Waals surface area contributed by atoms with Gasteiger partial charge < -0.3 is 10.2 Å². The summed E-state index contributed by atoms with van der Waals surface area (Å²) in [4.78, 5) is 16.4. The van der Waals surface area contributed by atoms with Crippen molar-refractivity contribution >= 4 is 11.5 Å². The zero-order chi connectivity index (χ0) is 12.3.